The number of hydrogen-bond acceptors (Lipinski definition) is 8. The van der Waals surface area contributed by atoms with Gasteiger partial charge in [-0.1, -0.05) is 11.8 Å². The van der Waals surface area contributed by atoms with Crippen molar-refractivity contribution in [2.45, 2.75) is 38.0 Å². The van der Waals surface area contributed by atoms with Crippen LogP contribution in [0, 0.1) is 6.92 Å². The van der Waals surface area contributed by atoms with Crippen LogP contribution in [0.15, 0.2) is 74.1 Å². The number of amides is 1. The first kappa shape index (κ1) is 23.0. The van der Waals surface area contributed by atoms with Crippen LogP contribution in [0.25, 0.3) is 11.4 Å². The molecule has 1 aliphatic heterocycles. The second-order valence-corrected chi connectivity index (χ2v) is 8.92. The fraction of sp³-hybridized carbons (Fsp3) is 0.280. The number of hydrogen-bond donors (Lipinski definition) is 0. The topological polar surface area (TPSA) is 98.9 Å². The predicted molar refractivity (Wildman–Crippen MR) is 131 cm³/mol. The molecule has 0 aliphatic carbocycles. The Morgan fingerprint density at radius 2 is 1.97 bits per heavy atom. The van der Waals surface area contributed by atoms with Crippen LogP contribution in [0.4, 0.5) is 0 Å². The average Bonchev–Trinajstić information content (AvgIpc) is 3.68. The summed E-state index contributed by atoms with van der Waals surface area (Å²) in [5, 5.41) is 15.6. The quantitative estimate of drug-likeness (QED) is 0.322. The van der Waals surface area contributed by atoms with Crippen molar-refractivity contribution in [3.05, 3.63) is 72.1 Å². The van der Waals surface area contributed by atoms with E-state index in [4.69, 9.17) is 18.7 Å². The molecule has 1 atom stereocenters. The van der Waals surface area contributed by atoms with Gasteiger partial charge in [0.05, 0.1) is 36.7 Å². The normalized spacial score (nSPS) is 15.5. The summed E-state index contributed by atoms with van der Waals surface area (Å²) >= 11 is 1.34. The molecule has 180 valence electrons. The Morgan fingerprint density at radius 3 is 2.63 bits per heavy atom. The van der Waals surface area contributed by atoms with E-state index in [2.05, 4.69) is 10.2 Å². The number of nitrogens with zero attached hydrogens (tertiary/aromatic N) is 5. The fourth-order valence-electron chi connectivity index (χ4n) is 4.09. The number of furan rings is 2. The molecular formula is C25H25N5O4S. The molecule has 0 unspecified atom stereocenters. The van der Waals surface area contributed by atoms with E-state index in [0.717, 1.165) is 34.2 Å². The Morgan fingerprint density at radius 1 is 1.14 bits per heavy atom. The second-order valence-electron chi connectivity index (χ2n) is 7.98. The summed E-state index contributed by atoms with van der Waals surface area (Å²) in [5.74, 6) is 3.00. The molecule has 0 saturated carbocycles. The van der Waals surface area contributed by atoms with Crippen LogP contribution >= 0.6 is 11.8 Å². The van der Waals surface area contributed by atoms with E-state index in [1.165, 1.54) is 16.8 Å². The number of thioether (sulfide) groups is 1. The smallest absolute Gasteiger partial charge is 0.253 e. The zero-order chi connectivity index (χ0) is 24.4. The van der Waals surface area contributed by atoms with Gasteiger partial charge in [0.25, 0.3) is 5.91 Å². The Labute approximate surface area is 206 Å². The number of rotatable bonds is 8. The van der Waals surface area contributed by atoms with Crippen LogP contribution < -0.4 is 4.74 Å². The molecule has 0 saturated heterocycles. The van der Waals surface area contributed by atoms with Crippen LogP contribution in [0.3, 0.4) is 0 Å². The highest BCUT2D eigenvalue weighted by Gasteiger charge is 2.35. The van der Waals surface area contributed by atoms with Crippen molar-refractivity contribution in [2.24, 2.45) is 5.10 Å². The monoisotopic (exact) mass is 491 g/mol. The zero-order valence-electron chi connectivity index (χ0n) is 19.7. The maximum atomic E-state index is 13.4. The summed E-state index contributed by atoms with van der Waals surface area (Å²) in [7, 11) is 1.63. The summed E-state index contributed by atoms with van der Waals surface area (Å²) in [5.41, 5.74) is 2.65. The van der Waals surface area contributed by atoms with Crippen LogP contribution in [-0.2, 0) is 11.3 Å². The number of carbonyl (C=O) groups is 1. The van der Waals surface area contributed by atoms with Gasteiger partial charge in [-0.05, 0) is 61.9 Å². The van der Waals surface area contributed by atoms with Crippen molar-refractivity contribution in [1.29, 1.82) is 0 Å². The molecule has 4 aromatic rings. The lowest BCUT2D eigenvalue weighted by atomic mass is 10.0. The summed E-state index contributed by atoms with van der Waals surface area (Å²) < 4.78 is 18.3. The van der Waals surface area contributed by atoms with E-state index < -0.39 is 0 Å². The van der Waals surface area contributed by atoms with E-state index in [1.807, 2.05) is 60.9 Å². The van der Waals surface area contributed by atoms with Gasteiger partial charge in [-0.15, -0.1) is 10.2 Å². The summed E-state index contributed by atoms with van der Waals surface area (Å²) in [6.45, 7) is 4.58. The molecule has 4 heterocycles. The molecule has 35 heavy (non-hydrogen) atoms. The highest BCUT2D eigenvalue weighted by molar-refractivity contribution is 7.99. The predicted octanol–water partition coefficient (Wildman–Crippen LogP) is 4.94. The van der Waals surface area contributed by atoms with Crippen molar-refractivity contribution in [3.63, 3.8) is 0 Å². The number of carbonyl (C=O) groups excluding carboxylic acids is 1. The van der Waals surface area contributed by atoms with Crippen molar-refractivity contribution in [3.8, 4) is 17.1 Å². The highest BCUT2D eigenvalue weighted by atomic mass is 32.2. The van der Waals surface area contributed by atoms with Gasteiger partial charge in [0.15, 0.2) is 11.0 Å². The molecule has 1 aliphatic rings. The van der Waals surface area contributed by atoms with Crippen LogP contribution in [0.2, 0.25) is 0 Å². The molecule has 9 nitrogen and oxygen atoms in total. The van der Waals surface area contributed by atoms with Crippen molar-refractivity contribution < 1.29 is 18.4 Å². The lowest BCUT2D eigenvalue weighted by molar-refractivity contribution is -0.130. The van der Waals surface area contributed by atoms with E-state index in [9.17, 15) is 4.79 Å². The Bertz CT molecular complexity index is 1340. The van der Waals surface area contributed by atoms with Gasteiger partial charge in [-0.3, -0.25) is 4.79 Å². The zero-order valence-corrected chi connectivity index (χ0v) is 20.5. The number of aromatic nitrogens is 3. The molecular weight excluding hydrogens is 466 g/mol. The third kappa shape index (κ3) is 4.49. The first-order valence-corrected chi connectivity index (χ1v) is 12.3. The first-order valence-electron chi connectivity index (χ1n) is 11.3. The Hall–Kier alpha value is -3.79. The Kier molecular flexibility index (Phi) is 6.45. The lowest BCUT2D eigenvalue weighted by Crippen LogP contribution is -2.28. The number of benzene rings is 1. The minimum atomic E-state index is -0.302. The minimum absolute atomic E-state index is 0.133. The average molecular weight is 492 g/mol. The number of ether oxygens (including phenoxy) is 1. The molecule has 1 amide bonds. The number of hydrazone groups is 1. The van der Waals surface area contributed by atoms with Gasteiger partial charge < -0.3 is 18.1 Å². The van der Waals surface area contributed by atoms with Gasteiger partial charge in [0, 0.05) is 13.0 Å². The van der Waals surface area contributed by atoms with E-state index in [-0.39, 0.29) is 17.7 Å². The molecule has 0 bridgehead atoms. The van der Waals surface area contributed by atoms with Crippen molar-refractivity contribution in [1.82, 2.24) is 19.8 Å². The van der Waals surface area contributed by atoms with Gasteiger partial charge in [0.1, 0.15) is 23.3 Å². The molecule has 0 spiro atoms. The maximum Gasteiger partial charge on any atom is 0.253 e. The number of aryl methyl sites for hydroxylation is 1. The lowest BCUT2D eigenvalue weighted by Gasteiger charge is -2.19. The van der Waals surface area contributed by atoms with Crippen molar-refractivity contribution >= 4 is 23.4 Å². The minimum Gasteiger partial charge on any atom is -0.497 e. The van der Waals surface area contributed by atoms with Crippen molar-refractivity contribution in [2.75, 3.05) is 12.9 Å². The third-order valence-electron chi connectivity index (χ3n) is 5.92. The highest BCUT2D eigenvalue weighted by Crippen LogP contribution is 2.34. The molecule has 5 rings (SSSR count). The van der Waals surface area contributed by atoms with E-state index in [0.29, 0.717) is 23.9 Å². The molecule has 0 N–H and O–H groups in total. The van der Waals surface area contributed by atoms with Gasteiger partial charge >= 0.3 is 0 Å². The molecule has 10 heteroatoms. The maximum absolute atomic E-state index is 13.4. The first-order chi connectivity index (χ1) is 17.1. The molecule has 1 aromatic carbocycles. The number of methoxy groups -OCH3 is 1. The molecule has 3 aromatic heterocycles. The van der Waals surface area contributed by atoms with Gasteiger partial charge in [0.2, 0.25) is 0 Å². The van der Waals surface area contributed by atoms with Gasteiger partial charge in [-0.25, -0.2) is 5.01 Å². The van der Waals surface area contributed by atoms with Crippen LogP contribution in [0.1, 0.15) is 36.5 Å². The molecule has 0 fully saturated rings. The Balaban J connectivity index is 1.36. The van der Waals surface area contributed by atoms with Crippen LogP contribution in [-0.4, -0.2) is 44.3 Å². The summed E-state index contributed by atoms with van der Waals surface area (Å²) in [4.78, 5) is 13.4. The third-order valence-corrected chi connectivity index (χ3v) is 6.87. The largest absolute Gasteiger partial charge is 0.497 e. The SMILES string of the molecule is CCn1c(SCC(=O)N2N=C(c3ccc(OC)cc3)C[C@H]2c2ccco2)nnc1-c1ccoc1C. The molecule has 0 radical (unpaired) electrons. The standard InChI is InChI=1S/C25H25N5O4S/c1-4-29-24(19-11-13-33-16(19)2)26-27-25(29)35-15-23(31)30-21(22-6-5-12-34-22)14-20(28-30)17-7-9-18(32-3)10-8-17/h5-13,21H,4,14-15H2,1-3H3/t21-/m0/s1. The fourth-order valence-corrected chi connectivity index (χ4v) is 4.94. The second kappa shape index (κ2) is 9.83. The van der Waals surface area contributed by atoms with Crippen LogP contribution in [0.5, 0.6) is 5.75 Å². The van der Waals surface area contributed by atoms with E-state index >= 15 is 0 Å². The summed E-state index contributed by atoms with van der Waals surface area (Å²) in [6.07, 6.45) is 3.81. The van der Waals surface area contributed by atoms with Gasteiger partial charge in [-0.2, -0.15) is 5.10 Å². The van der Waals surface area contributed by atoms with E-state index in [1.54, 1.807) is 19.6 Å². The summed E-state index contributed by atoms with van der Waals surface area (Å²) in [6, 6.07) is 12.9.